The highest BCUT2D eigenvalue weighted by molar-refractivity contribution is 7.89. The van der Waals surface area contributed by atoms with Gasteiger partial charge in [0.2, 0.25) is 10.0 Å². The summed E-state index contributed by atoms with van der Waals surface area (Å²) < 4.78 is 32.8. The zero-order valence-electron chi connectivity index (χ0n) is 15.8. The average molecular weight is 422 g/mol. The second kappa shape index (κ2) is 9.07. The van der Waals surface area contributed by atoms with Gasteiger partial charge in [-0.05, 0) is 73.6 Å². The minimum atomic E-state index is -3.74. The number of nitrogens with one attached hydrogen (secondary N) is 1. The molecule has 5 nitrogen and oxygen atoms in total. The molecule has 2 aromatic rings. The van der Waals surface area contributed by atoms with Crippen molar-refractivity contribution in [2.24, 2.45) is 5.92 Å². The number of carbonyl (C=O) groups is 1. The molecular formula is C21H24ClNO4S. The molecule has 3 rings (SSSR count). The van der Waals surface area contributed by atoms with E-state index >= 15 is 0 Å². The number of esters is 1. The third-order valence-electron chi connectivity index (χ3n) is 4.91. The Morgan fingerprint density at radius 1 is 1.14 bits per heavy atom. The van der Waals surface area contributed by atoms with Gasteiger partial charge in [-0.15, -0.1) is 0 Å². The van der Waals surface area contributed by atoms with Gasteiger partial charge in [-0.3, -0.25) is 4.79 Å². The lowest BCUT2D eigenvalue weighted by Crippen LogP contribution is -2.35. The zero-order chi connectivity index (χ0) is 20.1. The molecule has 28 heavy (non-hydrogen) atoms. The number of hydrogen-bond donors (Lipinski definition) is 1. The third kappa shape index (κ3) is 5.13. The summed E-state index contributed by atoms with van der Waals surface area (Å²) in [6.07, 6.45) is 3.73. The summed E-state index contributed by atoms with van der Waals surface area (Å²) in [6, 6.07) is 12.2. The maximum absolute atomic E-state index is 12.5. The van der Waals surface area contributed by atoms with Crippen LogP contribution in [0, 0.1) is 5.92 Å². The second-order valence-electron chi connectivity index (χ2n) is 6.92. The Balaban J connectivity index is 1.73. The molecule has 0 radical (unpaired) electrons. The van der Waals surface area contributed by atoms with Gasteiger partial charge in [0.05, 0.1) is 17.4 Å². The van der Waals surface area contributed by atoms with E-state index in [4.69, 9.17) is 16.3 Å². The highest BCUT2D eigenvalue weighted by Gasteiger charge is 2.24. The Hall–Kier alpha value is -1.89. The summed E-state index contributed by atoms with van der Waals surface area (Å²) >= 11 is 5.82. The lowest BCUT2D eigenvalue weighted by Gasteiger charge is -2.17. The van der Waals surface area contributed by atoms with Crippen LogP contribution in [-0.2, 0) is 38.8 Å². The third-order valence-corrected chi connectivity index (χ3v) is 6.60. The van der Waals surface area contributed by atoms with Gasteiger partial charge in [-0.25, -0.2) is 13.1 Å². The van der Waals surface area contributed by atoms with Crippen LogP contribution in [0.2, 0.25) is 5.02 Å². The Bertz CT molecular complexity index is 941. The number of halogens is 1. The molecule has 0 fully saturated rings. The molecule has 0 saturated carbocycles. The van der Waals surface area contributed by atoms with Gasteiger partial charge in [-0.2, -0.15) is 0 Å². The fraction of sp³-hybridized carbons (Fsp3) is 0.381. The van der Waals surface area contributed by atoms with E-state index in [0.717, 1.165) is 24.8 Å². The number of fused-ring (bicyclic) bond motifs is 1. The molecular weight excluding hydrogens is 398 g/mol. The van der Waals surface area contributed by atoms with Crippen molar-refractivity contribution < 1.29 is 17.9 Å². The fourth-order valence-electron chi connectivity index (χ4n) is 3.44. The average Bonchev–Trinajstić information content (AvgIpc) is 3.13. The molecule has 1 aliphatic carbocycles. The predicted molar refractivity (Wildman–Crippen MR) is 109 cm³/mol. The Morgan fingerprint density at radius 3 is 2.57 bits per heavy atom. The molecule has 7 heteroatoms. The van der Waals surface area contributed by atoms with E-state index in [-0.39, 0.29) is 18.0 Å². The summed E-state index contributed by atoms with van der Waals surface area (Å²) in [5.74, 6) is -0.997. The molecule has 0 saturated heterocycles. The van der Waals surface area contributed by atoms with Crippen molar-refractivity contribution in [3.63, 3.8) is 0 Å². The number of sulfonamides is 1. The SMILES string of the molecule is CCOC(=O)C(CNS(=O)(=O)c1ccc(Cl)cc1)Cc1ccc2c(c1)CCC2. The predicted octanol–water partition coefficient (Wildman–Crippen LogP) is 3.53. The van der Waals surface area contributed by atoms with Crippen LogP contribution < -0.4 is 4.72 Å². The van der Waals surface area contributed by atoms with Crippen molar-refractivity contribution in [3.05, 3.63) is 64.2 Å². The Kier molecular flexibility index (Phi) is 6.75. The monoisotopic (exact) mass is 421 g/mol. The molecule has 0 bridgehead atoms. The van der Waals surface area contributed by atoms with E-state index < -0.39 is 21.9 Å². The number of carbonyl (C=O) groups excluding carboxylic acids is 1. The molecule has 2 aromatic carbocycles. The van der Waals surface area contributed by atoms with E-state index in [1.807, 2.05) is 6.07 Å². The Labute approximate surface area is 171 Å². The van der Waals surface area contributed by atoms with Gasteiger partial charge >= 0.3 is 5.97 Å². The molecule has 1 N–H and O–H groups in total. The lowest BCUT2D eigenvalue weighted by molar-refractivity contribution is -0.147. The van der Waals surface area contributed by atoms with Crippen LogP contribution in [-0.4, -0.2) is 27.5 Å². The van der Waals surface area contributed by atoms with Crippen molar-refractivity contribution in [3.8, 4) is 0 Å². The van der Waals surface area contributed by atoms with Crippen molar-refractivity contribution in [1.82, 2.24) is 4.72 Å². The van der Waals surface area contributed by atoms with Crippen molar-refractivity contribution in [1.29, 1.82) is 0 Å². The van der Waals surface area contributed by atoms with Crippen LogP contribution in [0.4, 0.5) is 0 Å². The quantitative estimate of drug-likeness (QED) is 0.662. The van der Waals surface area contributed by atoms with Gasteiger partial charge in [0, 0.05) is 11.6 Å². The zero-order valence-corrected chi connectivity index (χ0v) is 17.4. The summed E-state index contributed by atoms with van der Waals surface area (Å²) in [5.41, 5.74) is 3.70. The highest BCUT2D eigenvalue weighted by atomic mass is 35.5. The van der Waals surface area contributed by atoms with Crippen LogP contribution in [0.15, 0.2) is 47.4 Å². The smallest absolute Gasteiger partial charge is 0.310 e. The molecule has 1 unspecified atom stereocenters. The standard InChI is InChI=1S/C21H24ClNO4S/c1-2-27-21(24)18(13-15-6-7-16-4-3-5-17(16)12-15)14-23-28(25,26)20-10-8-19(22)9-11-20/h6-12,18,23H,2-5,13-14H2,1H3. The van der Waals surface area contributed by atoms with Gasteiger partial charge < -0.3 is 4.74 Å². The first-order valence-electron chi connectivity index (χ1n) is 9.41. The van der Waals surface area contributed by atoms with Crippen LogP contribution >= 0.6 is 11.6 Å². The van der Waals surface area contributed by atoms with Crippen LogP contribution in [0.25, 0.3) is 0 Å². The molecule has 0 aliphatic heterocycles. The topological polar surface area (TPSA) is 72.5 Å². The van der Waals surface area contributed by atoms with Crippen LogP contribution in [0.1, 0.15) is 30.0 Å². The first kappa shape index (κ1) is 20.8. The molecule has 150 valence electrons. The Morgan fingerprint density at radius 2 is 1.86 bits per heavy atom. The maximum Gasteiger partial charge on any atom is 0.310 e. The van der Waals surface area contributed by atoms with Crippen molar-refractivity contribution in [2.75, 3.05) is 13.2 Å². The van der Waals surface area contributed by atoms with E-state index in [0.29, 0.717) is 11.4 Å². The minimum absolute atomic E-state index is 0.0269. The first-order valence-corrected chi connectivity index (χ1v) is 11.3. The molecule has 0 amide bonds. The van der Waals surface area contributed by atoms with Crippen LogP contribution in [0.3, 0.4) is 0 Å². The number of benzene rings is 2. The highest BCUT2D eigenvalue weighted by Crippen LogP contribution is 2.24. The number of aryl methyl sites for hydroxylation is 2. The van der Waals surface area contributed by atoms with Crippen molar-refractivity contribution >= 4 is 27.6 Å². The molecule has 1 atom stereocenters. The molecule has 0 aromatic heterocycles. The minimum Gasteiger partial charge on any atom is -0.466 e. The normalized spacial score (nSPS) is 14.5. The molecule has 0 spiro atoms. The van der Waals surface area contributed by atoms with Gasteiger partial charge in [0.25, 0.3) is 0 Å². The molecule has 0 heterocycles. The summed E-state index contributed by atoms with van der Waals surface area (Å²) in [5, 5.41) is 0.458. The van der Waals surface area contributed by atoms with E-state index in [1.165, 1.54) is 35.4 Å². The number of rotatable bonds is 8. The second-order valence-corrected chi connectivity index (χ2v) is 9.12. The summed E-state index contributed by atoms with van der Waals surface area (Å²) in [7, 11) is -3.74. The van der Waals surface area contributed by atoms with E-state index in [9.17, 15) is 13.2 Å². The van der Waals surface area contributed by atoms with Gasteiger partial charge in [0.15, 0.2) is 0 Å². The van der Waals surface area contributed by atoms with E-state index in [2.05, 4.69) is 16.9 Å². The fourth-order valence-corrected chi connectivity index (χ4v) is 4.65. The largest absolute Gasteiger partial charge is 0.466 e. The maximum atomic E-state index is 12.5. The lowest BCUT2D eigenvalue weighted by atomic mass is 9.96. The summed E-state index contributed by atoms with van der Waals surface area (Å²) in [6.45, 7) is 1.96. The summed E-state index contributed by atoms with van der Waals surface area (Å²) in [4.78, 5) is 12.5. The van der Waals surface area contributed by atoms with E-state index in [1.54, 1.807) is 6.92 Å². The number of hydrogen-bond acceptors (Lipinski definition) is 4. The van der Waals surface area contributed by atoms with Crippen LogP contribution in [0.5, 0.6) is 0 Å². The van der Waals surface area contributed by atoms with Gasteiger partial charge in [0.1, 0.15) is 0 Å². The molecule has 1 aliphatic rings. The van der Waals surface area contributed by atoms with Gasteiger partial charge in [-0.1, -0.05) is 29.8 Å². The number of ether oxygens (including phenoxy) is 1. The van der Waals surface area contributed by atoms with Crippen molar-refractivity contribution in [2.45, 2.75) is 37.5 Å². The first-order chi connectivity index (χ1) is 13.4.